The summed E-state index contributed by atoms with van der Waals surface area (Å²) in [6.07, 6.45) is 1.25. The van der Waals surface area contributed by atoms with Crippen LogP contribution in [0.25, 0.3) is 5.76 Å². The van der Waals surface area contributed by atoms with Gasteiger partial charge in [0, 0.05) is 10.6 Å². The van der Waals surface area contributed by atoms with Crippen LogP contribution in [0, 0.1) is 22.7 Å². The Hall–Kier alpha value is -1.97. The Morgan fingerprint density at radius 2 is 2.00 bits per heavy atom. The van der Waals surface area contributed by atoms with Gasteiger partial charge < -0.3 is 4.74 Å². The van der Waals surface area contributed by atoms with Gasteiger partial charge >= 0.3 is 0 Å². The fourth-order valence-corrected chi connectivity index (χ4v) is 1.12. The molecule has 0 amide bonds. The number of ether oxygens (including phenoxy) is 1. The zero-order chi connectivity index (χ0) is 11.1. The maximum atomic E-state index is 8.54. The summed E-state index contributed by atoms with van der Waals surface area (Å²) in [5.41, 5.74) is 0.719. The van der Waals surface area contributed by atoms with Crippen LogP contribution in [0.2, 0.25) is 5.02 Å². The Balaban J connectivity index is 2.92. The lowest BCUT2D eigenvalue weighted by Crippen LogP contribution is -1.92. The molecule has 0 unspecified atom stereocenters. The lowest BCUT2D eigenvalue weighted by Gasteiger charge is -2.05. The molecule has 0 saturated heterocycles. The first-order valence-corrected chi connectivity index (χ1v) is 4.51. The molecule has 1 aromatic carbocycles. The van der Waals surface area contributed by atoms with Crippen LogP contribution in [0.5, 0.6) is 0 Å². The molecule has 0 spiro atoms. The van der Waals surface area contributed by atoms with Gasteiger partial charge in [-0.25, -0.2) is 0 Å². The van der Waals surface area contributed by atoms with Crippen LogP contribution in [0.1, 0.15) is 5.56 Å². The van der Waals surface area contributed by atoms with Gasteiger partial charge in [0.2, 0.25) is 0 Å². The van der Waals surface area contributed by atoms with E-state index in [0.29, 0.717) is 10.8 Å². The SMILES string of the molecule is N#C/C=C(\OCC#N)c1ccc(Cl)cc1. The maximum absolute atomic E-state index is 8.54. The van der Waals surface area contributed by atoms with Gasteiger partial charge in [0.25, 0.3) is 0 Å². The van der Waals surface area contributed by atoms with E-state index in [-0.39, 0.29) is 6.61 Å². The minimum Gasteiger partial charge on any atom is -0.477 e. The molecule has 0 aliphatic rings. The van der Waals surface area contributed by atoms with E-state index in [1.807, 2.05) is 12.1 Å². The molecular formula is C11H7ClN2O. The Bertz CT molecular complexity index is 437. The van der Waals surface area contributed by atoms with Crippen molar-refractivity contribution in [2.45, 2.75) is 0 Å². The van der Waals surface area contributed by atoms with E-state index in [4.69, 9.17) is 26.9 Å². The number of nitriles is 2. The summed E-state index contributed by atoms with van der Waals surface area (Å²) in [6.45, 7) is -0.0872. The summed E-state index contributed by atoms with van der Waals surface area (Å²) >= 11 is 5.72. The van der Waals surface area contributed by atoms with Crippen molar-refractivity contribution in [2.75, 3.05) is 6.61 Å². The molecule has 0 atom stereocenters. The number of halogens is 1. The summed E-state index contributed by atoms with van der Waals surface area (Å²) in [5.74, 6) is 0.371. The van der Waals surface area contributed by atoms with Crippen LogP contribution in [0.4, 0.5) is 0 Å². The van der Waals surface area contributed by atoms with Gasteiger partial charge in [-0.3, -0.25) is 0 Å². The van der Waals surface area contributed by atoms with Crippen molar-refractivity contribution in [3.8, 4) is 12.1 Å². The van der Waals surface area contributed by atoms with Crippen LogP contribution in [-0.4, -0.2) is 6.61 Å². The molecular weight excluding hydrogens is 212 g/mol. The Labute approximate surface area is 92.8 Å². The van der Waals surface area contributed by atoms with E-state index in [2.05, 4.69) is 0 Å². The molecule has 74 valence electrons. The van der Waals surface area contributed by atoms with Crippen molar-refractivity contribution in [2.24, 2.45) is 0 Å². The molecule has 0 bridgehead atoms. The van der Waals surface area contributed by atoms with Crippen LogP contribution in [-0.2, 0) is 4.74 Å². The van der Waals surface area contributed by atoms with E-state index in [0.717, 1.165) is 5.56 Å². The van der Waals surface area contributed by atoms with Gasteiger partial charge in [-0.05, 0) is 24.3 Å². The Morgan fingerprint density at radius 3 is 2.53 bits per heavy atom. The van der Waals surface area contributed by atoms with Crippen LogP contribution in [0.3, 0.4) is 0 Å². The highest BCUT2D eigenvalue weighted by Crippen LogP contribution is 2.18. The van der Waals surface area contributed by atoms with Crippen molar-refractivity contribution in [3.63, 3.8) is 0 Å². The van der Waals surface area contributed by atoms with Gasteiger partial charge in [-0.2, -0.15) is 10.5 Å². The number of benzene rings is 1. The Morgan fingerprint density at radius 1 is 1.33 bits per heavy atom. The highest BCUT2D eigenvalue weighted by Gasteiger charge is 2.02. The largest absolute Gasteiger partial charge is 0.477 e. The molecule has 3 nitrogen and oxygen atoms in total. The van der Waals surface area contributed by atoms with Crippen molar-refractivity contribution in [3.05, 3.63) is 40.9 Å². The van der Waals surface area contributed by atoms with E-state index >= 15 is 0 Å². The molecule has 0 N–H and O–H groups in total. The first kappa shape index (κ1) is 11.1. The standard InChI is InChI=1S/C11H7ClN2O/c12-10-3-1-9(2-4-10)11(5-6-13)15-8-7-14/h1-5H,8H2/b11-5-. The summed E-state index contributed by atoms with van der Waals surface area (Å²) in [6, 6.07) is 10.5. The van der Waals surface area contributed by atoms with E-state index in [1.165, 1.54) is 6.08 Å². The van der Waals surface area contributed by atoms with Crippen molar-refractivity contribution in [1.82, 2.24) is 0 Å². The fraction of sp³-hybridized carbons (Fsp3) is 0.0909. The molecule has 0 radical (unpaired) electrons. The predicted molar refractivity (Wildman–Crippen MR) is 56.6 cm³/mol. The lowest BCUT2D eigenvalue weighted by atomic mass is 10.2. The first-order chi connectivity index (χ1) is 7.27. The molecule has 0 aliphatic carbocycles. The fourth-order valence-electron chi connectivity index (χ4n) is 0.991. The molecule has 4 heteroatoms. The smallest absolute Gasteiger partial charge is 0.174 e. The minimum absolute atomic E-state index is 0.0872. The van der Waals surface area contributed by atoms with Crippen molar-refractivity contribution in [1.29, 1.82) is 10.5 Å². The van der Waals surface area contributed by atoms with Gasteiger partial charge in [-0.1, -0.05) is 11.6 Å². The second-order valence-corrected chi connectivity index (χ2v) is 3.03. The van der Waals surface area contributed by atoms with Crippen molar-refractivity contribution < 1.29 is 4.74 Å². The third-order valence-corrected chi connectivity index (χ3v) is 1.87. The Kier molecular flexibility index (Phi) is 4.22. The highest BCUT2D eigenvalue weighted by molar-refractivity contribution is 6.30. The molecule has 0 aliphatic heterocycles. The maximum Gasteiger partial charge on any atom is 0.174 e. The summed E-state index contributed by atoms with van der Waals surface area (Å²) in [5, 5.41) is 17.5. The zero-order valence-electron chi connectivity index (χ0n) is 7.77. The lowest BCUT2D eigenvalue weighted by molar-refractivity contribution is 0.325. The number of hydrogen-bond donors (Lipinski definition) is 0. The molecule has 0 saturated carbocycles. The quantitative estimate of drug-likeness (QED) is 0.579. The van der Waals surface area contributed by atoms with E-state index in [1.54, 1.807) is 24.3 Å². The van der Waals surface area contributed by atoms with Crippen LogP contribution < -0.4 is 0 Å². The van der Waals surface area contributed by atoms with Gasteiger partial charge in [0.05, 0.1) is 12.1 Å². The highest BCUT2D eigenvalue weighted by atomic mass is 35.5. The molecule has 0 fully saturated rings. The van der Waals surface area contributed by atoms with E-state index < -0.39 is 0 Å². The number of rotatable bonds is 3. The normalized spacial score (nSPS) is 10.2. The summed E-state index contributed by atoms with van der Waals surface area (Å²) in [7, 11) is 0. The van der Waals surface area contributed by atoms with Gasteiger partial charge in [-0.15, -0.1) is 0 Å². The number of hydrogen-bond acceptors (Lipinski definition) is 3. The second-order valence-electron chi connectivity index (χ2n) is 2.59. The molecule has 15 heavy (non-hydrogen) atoms. The second kappa shape index (κ2) is 5.70. The topological polar surface area (TPSA) is 56.8 Å². The average Bonchev–Trinajstić information content (AvgIpc) is 2.25. The average molecular weight is 219 g/mol. The number of allylic oxidation sites excluding steroid dienone is 1. The van der Waals surface area contributed by atoms with E-state index in [9.17, 15) is 0 Å². The first-order valence-electron chi connectivity index (χ1n) is 4.13. The minimum atomic E-state index is -0.0872. The summed E-state index contributed by atoms with van der Waals surface area (Å²) in [4.78, 5) is 0. The van der Waals surface area contributed by atoms with Crippen LogP contribution >= 0.6 is 11.6 Å². The monoisotopic (exact) mass is 218 g/mol. The molecule has 0 aromatic heterocycles. The molecule has 1 aromatic rings. The third-order valence-electron chi connectivity index (χ3n) is 1.62. The predicted octanol–water partition coefficient (Wildman–Crippen LogP) is 2.74. The van der Waals surface area contributed by atoms with Crippen LogP contribution in [0.15, 0.2) is 30.3 Å². The molecule has 1 rings (SSSR count). The van der Waals surface area contributed by atoms with Crippen molar-refractivity contribution >= 4 is 17.4 Å². The van der Waals surface area contributed by atoms with Gasteiger partial charge in [0.15, 0.2) is 6.61 Å². The van der Waals surface area contributed by atoms with Gasteiger partial charge in [0.1, 0.15) is 11.8 Å². The number of nitrogens with zero attached hydrogens (tertiary/aromatic N) is 2. The molecule has 0 heterocycles. The zero-order valence-corrected chi connectivity index (χ0v) is 8.53. The third kappa shape index (κ3) is 3.34. The summed E-state index contributed by atoms with van der Waals surface area (Å²) < 4.78 is 5.09.